The first kappa shape index (κ1) is 37.7. The lowest BCUT2D eigenvalue weighted by Gasteiger charge is -2.08. The first-order valence-corrected chi connectivity index (χ1v) is 14.4. The number of ether oxygens (including phenoxy) is 6. The van der Waals surface area contributed by atoms with Crippen LogP contribution in [0.5, 0.6) is 5.75 Å². The van der Waals surface area contributed by atoms with Crippen molar-refractivity contribution < 1.29 is 50.2 Å². The Labute approximate surface area is 264 Å². The lowest BCUT2D eigenvalue weighted by atomic mass is 10.2. The second-order valence-electron chi connectivity index (χ2n) is 8.70. The van der Waals surface area contributed by atoms with Gasteiger partial charge in [-0.1, -0.05) is 18.0 Å². The molecule has 0 aliphatic rings. The number of nitriles is 1. The molecule has 43 heavy (non-hydrogen) atoms. The summed E-state index contributed by atoms with van der Waals surface area (Å²) in [4.78, 5) is 16.2. The summed E-state index contributed by atoms with van der Waals surface area (Å²) in [5.41, 5.74) is 0.716. The molecule has 1 heterocycles. The third kappa shape index (κ3) is 19.5. The number of aromatic nitrogens is 1. The maximum Gasteiger partial charge on any atom is 0.513 e. The minimum absolute atomic E-state index is 0. The summed E-state index contributed by atoms with van der Waals surface area (Å²) in [7, 11) is 0. The van der Waals surface area contributed by atoms with E-state index in [4.69, 9.17) is 45.3 Å². The molecule has 2 aromatic rings. The Morgan fingerprint density at radius 2 is 1.53 bits per heavy atom. The van der Waals surface area contributed by atoms with Crippen LogP contribution in [0.2, 0.25) is 5.02 Å². The van der Waals surface area contributed by atoms with Gasteiger partial charge in [0.05, 0.1) is 45.3 Å². The molecule has 2 rings (SSSR count). The Kier molecular flexibility index (Phi) is 22.1. The van der Waals surface area contributed by atoms with Gasteiger partial charge in [0.1, 0.15) is 12.4 Å². The number of pyridine rings is 1. The van der Waals surface area contributed by atoms with E-state index in [1.165, 1.54) is 0 Å². The zero-order valence-electron chi connectivity index (χ0n) is 24.5. The van der Waals surface area contributed by atoms with Crippen molar-refractivity contribution in [1.29, 1.82) is 5.26 Å². The molecule has 0 spiro atoms. The summed E-state index contributed by atoms with van der Waals surface area (Å²) in [6.07, 6.45) is 8.40. The average molecular weight is 643 g/mol. The van der Waals surface area contributed by atoms with Gasteiger partial charge < -0.3 is 46.1 Å². The lowest BCUT2D eigenvalue weighted by Crippen LogP contribution is -3.00. The number of nitrogens with one attached hydrogen (secondary N) is 2. The van der Waals surface area contributed by atoms with Crippen LogP contribution in [-0.2, 0) is 30.4 Å². The van der Waals surface area contributed by atoms with Gasteiger partial charge in [0, 0.05) is 30.3 Å². The van der Waals surface area contributed by atoms with Gasteiger partial charge in [0.25, 0.3) is 6.73 Å². The number of nitrogens with zero attached hydrogens (tertiary/aromatic N) is 3. The van der Waals surface area contributed by atoms with Gasteiger partial charge >= 0.3 is 6.16 Å². The second kappa shape index (κ2) is 25.2. The van der Waals surface area contributed by atoms with Crippen LogP contribution in [0.4, 0.5) is 10.5 Å². The fourth-order valence-electron chi connectivity index (χ4n) is 3.34. The summed E-state index contributed by atoms with van der Waals surface area (Å²) in [5, 5.41) is 15.4. The molecule has 0 radical (unpaired) electrons. The molecule has 0 bridgehead atoms. The van der Waals surface area contributed by atoms with Gasteiger partial charge in [0.15, 0.2) is 18.6 Å². The van der Waals surface area contributed by atoms with Crippen LogP contribution in [0, 0.1) is 11.5 Å². The van der Waals surface area contributed by atoms with Crippen LogP contribution in [0.3, 0.4) is 0 Å². The third-order valence-corrected chi connectivity index (χ3v) is 5.71. The van der Waals surface area contributed by atoms with Crippen molar-refractivity contribution in [2.24, 2.45) is 4.99 Å². The monoisotopic (exact) mass is 641 g/mol. The Morgan fingerprint density at radius 3 is 2.21 bits per heavy atom. The molecular weight excluding hydrogens is 601 g/mol. The van der Waals surface area contributed by atoms with E-state index in [1.54, 1.807) is 29.1 Å². The fourth-order valence-corrected chi connectivity index (χ4v) is 3.47. The third-order valence-electron chi connectivity index (χ3n) is 5.46. The number of guanidine groups is 1. The van der Waals surface area contributed by atoms with E-state index >= 15 is 0 Å². The zero-order valence-corrected chi connectivity index (χ0v) is 26.0. The fraction of sp³-hybridized carbons (Fsp3) is 0.517. The van der Waals surface area contributed by atoms with Crippen molar-refractivity contribution in [3.63, 3.8) is 0 Å². The van der Waals surface area contributed by atoms with E-state index in [9.17, 15) is 4.79 Å². The predicted molar refractivity (Wildman–Crippen MR) is 157 cm³/mol. The van der Waals surface area contributed by atoms with E-state index in [0.29, 0.717) is 62.9 Å². The van der Waals surface area contributed by atoms with Crippen molar-refractivity contribution in [1.82, 2.24) is 5.32 Å². The van der Waals surface area contributed by atoms with Crippen molar-refractivity contribution in [2.45, 2.75) is 39.3 Å². The Bertz CT molecular complexity index is 1070. The normalized spacial score (nSPS) is 10.8. The number of carbonyl (C=O) groups excluding carboxylic acids is 1. The van der Waals surface area contributed by atoms with Crippen LogP contribution in [0.1, 0.15) is 32.6 Å². The van der Waals surface area contributed by atoms with E-state index in [0.717, 1.165) is 31.4 Å². The molecule has 238 valence electrons. The summed E-state index contributed by atoms with van der Waals surface area (Å²) in [5.74, 6) is 1.17. The quantitative estimate of drug-likeness (QED) is 0.0390. The van der Waals surface area contributed by atoms with Crippen LogP contribution in [0.25, 0.3) is 0 Å². The molecule has 0 amide bonds. The van der Waals surface area contributed by atoms with Crippen LogP contribution in [0.15, 0.2) is 53.8 Å². The Morgan fingerprint density at radius 1 is 0.884 bits per heavy atom. The minimum Gasteiger partial charge on any atom is -1.00 e. The highest BCUT2D eigenvalue weighted by atomic mass is 35.5. The molecule has 0 aliphatic carbocycles. The molecule has 0 saturated carbocycles. The van der Waals surface area contributed by atoms with E-state index in [2.05, 4.69) is 15.6 Å². The molecule has 0 fully saturated rings. The highest BCUT2D eigenvalue weighted by Gasteiger charge is 2.09. The van der Waals surface area contributed by atoms with Gasteiger partial charge in [0.2, 0.25) is 5.96 Å². The molecule has 0 atom stereocenters. The van der Waals surface area contributed by atoms with Gasteiger partial charge in [-0.25, -0.2) is 4.79 Å². The smallest absolute Gasteiger partial charge is 0.513 e. The van der Waals surface area contributed by atoms with Gasteiger partial charge in [-0.3, -0.25) is 10.3 Å². The SMILES string of the molecule is CCOCCOCCOCCOC(=O)OC[n+]1ccc(NC(=NCCCCCCOc2ccc(Cl)cc2)NC#N)cc1.[Cl-]. The van der Waals surface area contributed by atoms with E-state index < -0.39 is 6.16 Å². The predicted octanol–water partition coefficient (Wildman–Crippen LogP) is 1.29. The molecule has 0 saturated heterocycles. The summed E-state index contributed by atoms with van der Waals surface area (Å²) in [6.45, 7) is 6.05. The Balaban J connectivity index is 0.00000924. The molecule has 1 aromatic heterocycles. The topological polar surface area (TPSA) is 137 Å². The average Bonchev–Trinajstić information content (AvgIpc) is 3.00. The van der Waals surface area contributed by atoms with E-state index in [-0.39, 0.29) is 32.4 Å². The van der Waals surface area contributed by atoms with Gasteiger partial charge in [-0.2, -0.15) is 9.83 Å². The van der Waals surface area contributed by atoms with Crippen molar-refractivity contribution in [3.05, 3.63) is 53.8 Å². The molecule has 0 aliphatic heterocycles. The van der Waals surface area contributed by atoms with Crippen LogP contribution >= 0.6 is 11.6 Å². The number of hydrogen-bond donors (Lipinski definition) is 2. The number of hydrogen-bond acceptors (Lipinski definition) is 9. The number of rotatable bonds is 21. The minimum atomic E-state index is -0.789. The summed E-state index contributed by atoms with van der Waals surface area (Å²) < 4.78 is 33.2. The van der Waals surface area contributed by atoms with Crippen LogP contribution < -0.4 is 32.3 Å². The number of halogens is 2. The number of carbonyl (C=O) groups is 1. The standard InChI is InChI=1S/C29H40ClN5O7.ClH/c1-2-37-17-18-38-19-20-39-21-22-41-29(36)42-24-35-14-11-26(12-15-35)34-28(33-23-31)32-13-5-3-4-6-16-40-27-9-7-25(30)8-10-27;/h7-12,14-15H,2-6,13,16-22,24H2,1H3,(H,32,33);1H. The molecule has 1 aromatic carbocycles. The summed E-state index contributed by atoms with van der Waals surface area (Å²) in [6, 6.07) is 10.9. The van der Waals surface area contributed by atoms with Crippen LogP contribution in [-0.4, -0.2) is 71.5 Å². The number of benzene rings is 1. The van der Waals surface area contributed by atoms with Gasteiger partial charge in [-0.05, 0) is 50.5 Å². The van der Waals surface area contributed by atoms with Crippen molar-refractivity contribution in [2.75, 3.05) is 64.7 Å². The first-order chi connectivity index (χ1) is 20.6. The molecule has 12 nitrogen and oxygen atoms in total. The number of anilines is 1. The molecule has 2 N–H and O–H groups in total. The Hall–Kier alpha value is -3.34. The maximum absolute atomic E-state index is 11.8. The number of aliphatic imine (C=N–C) groups is 1. The van der Waals surface area contributed by atoms with E-state index in [1.807, 2.05) is 37.4 Å². The summed E-state index contributed by atoms with van der Waals surface area (Å²) >= 11 is 5.87. The van der Waals surface area contributed by atoms with Gasteiger partial charge in [-0.15, -0.1) is 0 Å². The first-order valence-electron chi connectivity index (χ1n) is 14.0. The maximum atomic E-state index is 11.8. The highest BCUT2D eigenvalue weighted by Crippen LogP contribution is 2.16. The second-order valence-corrected chi connectivity index (χ2v) is 9.14. The zero-order chi connectivity index (χ0) is 30.1. The van der Waals surface area contributed by atoms with Crippen molar-refractivity contribution >= 4 is 29.4 Å². The highest BCUT2D eigenvalue weighted by molar-refractivity contribution is 6.30. The van der Waals surface area contributed by atoms with Crippen molar-refractivity contribution in [3.8, 4) is 11.9 Å². The lowest BCUT2D eigenvalue weighted by molar-refractivity contribution is -0.727. The molecule has 14 heteroatoms. The molecule has 0 unspecified atom stereocenters. The largest absolute Gasteiger partial charge is 1.00 e. The number of unbranched alkanes of at least 4 members (excludes halogenated alkanes) is 3. The molecular formula is C29H41Cl2N5O7.